The van der Waals surface area contributed by atoms with Crippen molar-refractivity contribution in [2.45, 2.75) is 45.1 Å². The number of methoxy groups -OCH3 is 1. The first-order valence-electron chi connectivity index (χ1n) is 7.43. The summed E-state index contributed by atoms with van der Waals surface area (Å²) in [4.78, 5) is 28.5. The highest BCUT2D eigenvalue weighted by molar-refractivity contribution is 5.95. The summed E-state index contributed by atoms with van der Waals surface area (Å²) in [5, 5.41) is 3.00. The SMILES string of the molecule is COC(=O)[C@@H]1CCCCC[C@@H]1NC(=O)c1cccnc1C. The molecule has 1 fully saturated rings. The first-order chi connectivity index (χ1) is 10.1. The molecule has 1 N–H and O–H groups in total. The molecular weight excluding hydrogens is 268 g/mol. The number of rotatable bonds is 3. The molecule has 0 unspecified atom stereocenters. The number of aromatic nitrogens is 1. The fourth-order valence-corrected chi connectivity index (χ4v) is 2.88. The molecule has 0 aromatic carbocycles. The maximum atomic E-state index is 12.4. The highest BCUT2D eigenvalue weighted by atomic mass is 16.5. The molecule has 114 valence electrons. The van der Waals surface area contributed by atoms with Crippen molar-refractivity contribution in [3.05, 3.63) is 29.6 Å². The van der Waals surface area contributed by atoms with E-state index < -0.39 is 0 Å². The second-order valence-electron chi connectivity index (χ2n) is 5.48. The van der Waals surface area contributed by atoms with Crippen molar-refractivity contribution >= 4 is 11.9 Å². The van der Waals surface area contributed by atoms with Gasteiger partial charge in [-0.3, -0.25) is 14.6 Å². The van der Waals surface area contributed by atoms with E-state index in [1.54, 1.807) is 25.3 Å². The van der Waals surface area contributed by atoms with Gasteiger partial charge in [-0.1, -0.05) is 19.3 Å². The minimum Gasteiger partial charge on any atom is -0.469 e. The number of pyridine rings is 1. The van der Waals surface area contributed by atoms with E-state index in [-0.39, 0.29) is 23.8 Å². The van der Waals surface area contributed by atoms with E-state index in [4.69, 9.17) is 4.74 Å². The number of esters is 1. The third kappa shape index (κ3) is 3.80. The highest BCUT2D eigenvalue weighted by Gasteiger charge is 2.31. The van der Waals surface area contributed by atoms with Crippen LogP contribution in [0.1, 0.15) is 48.2 Å². The molecule has 5 heteroatoms. The summed E-state index contributed by atoms with van der Waals surface area (Å²) in [5.74, 6) is -0.648. The summed E-state index contributed by atoms with van der Waals surface area (Å²) < 4.78 is 4.88. The monoisotopic (exact) mass is 290 g/mol. The van der Waals surface area contributed by atoms with Gasteiger partial charge in [-0.2, -0.15) is 0 Å². The Morgan fingerprint density at radius 2 is 2.05 bits per heavy atom. The predicted molar refractivity (Wildman–Crippen MR) is 78.8 cm³/mol. The van der Waals surface area contributed by atoms with Crippen LogP contribution in [0.15, 0.2) is 18.3 Å². The van der Waals surface area contributed by atoms with Gasteiger partial charge in [0.2, 0.25) is 0 Å². The molecule has 1 saturated carbocycles. The average molecular weight is 290 g/mol. The van der Waals surface area contributed by atoms with E-state index >= 15 is 0 Å². The Balaban J connectivity index is 2.12. The molecule has 1 amide bonds. The van der Waals surface area contributed by atoms with E-state index in [1.165, 1.54) is 7.11 Å². The third-order valence-electron chi connectivity index (χ3n) is 4.09. The zero-order valence-corrected chi connectivity index (χ0v) is 12.6. The second-order valence-corrected chi connectivity index (χ2v) is 5.48. The zero-order chi connectivity index (χ0) is 15.2. The van der Waals surface area contributed by atoms with Crippen LogP contribution in [0, 0.1) is 12.8 Å². The van der Waals surface area contributed by atoms with Gasteiger partial charge in [0.1, 0.15) is 0 Å². The van der Waals surface area contributed by atoms with Crippen LogP contribution >= 0.6 is 0 Å². The topological polar surface area (TPSA) is 68.3 Å². The summed E-state index contributed by atoms with van der Waals surface area (Å²) in [6.45, 7) is 1.81. The van der Waals surface area contributed by atoms with Crippen LogP contribution in [0.5, 0.6) is 0 Å². The minimum absolute atomic E-state index is 0.160. The lowest BCUT2D eigenvalue weighted by molar-refractivity contribution is -0.146. The van der Waals surface area contributed by atoms with E-state index in [2.05, 4.69) is 10.3 Å². The Morgan fingerprint density at radius 3 is 2.76 bits per heavy atom. The average Bonchev–Trinajstić information content (AvgIpc) is 2.72. The number of hydrogen-bond acceptors (Lipinski definition) is 4. The van der Waals surface area contributed by atoms with Crippen LogP contribution in [0.4, 0.5) is 0 Å². The van der Waals surface area contributed by atoms with Crippen molar-refractivity contribution in [1.82, 2.24) is 10.3 Å². The molecule has 1 aromatic rings. The second kappa shape index (κ2) is 7.20. The zero-order valence-electron chi connectivity index (χ0n) is 12.6. The Hall–Kier alpha value is -1.91. The smallest absolute Gasteiger partial charge is 0.310 e. The maximum Gasteiger partial charge on any atom is 0.310 e. The molecule has 5 nitrogen and oxygen atoms in total. The van der Waals surface area contributed by atoms with Gasteiger partial charge in [-0.25, -0.2) is 0 Å². The van der Waals surface area contributed by atoms with Crippen LogP contribution in [0.3, 0.4) is 0 Å². The van der Waals surface area contributed by atoms with Crippen LogP contribution in [0.2, 0.25) is 0 Å². The van der Waals surface area contributed by atoms with E-state index in [0.29, 0.717) is 11.3 Å². The molecule has 1 aromatic heterocycles. The van der Waals surface area contributed by atoms with Gasteiger partial charge < -0.3 is 10.1 Å². The first-order valence-corrected chi connectivity index (χ1v) is 7.43. The molecule has 21 heavy (non-hydrogen) atoms. The van der Waals surface area contributed by atoms with Gasteiger partial charge in [-0.05, 0) is 31.9 Å². The molecule has 2 rings (SSSR count). The van der Waals surface area contributed by atoms with E-state index in [1.807, 2.05) is 0 Å². The molecule has 2 atom stereocenters. The number of nitrogens with one attached hydrogen (secondary N) is 1. The summed E-state index contributed by atoms with van der Waals surface area (Å²) in [6.07, 6.45) is 6.35. The lowest BCUT2D eigenvalue weighted by atomic mass is 9.94. The molecule has 0 saturated heterocycles. The van der Waals surface area contributed by atoms with Gasteiger partial charge in [-0.15, -0.1) is 0 Å². The molecule has 0 aliphatic heterocycles. The number of carbonyl (C=O) groups is 2. The third-order valence-corrected chi connectivity index (χ3v) is 4.09. The minimum atomic E-state index is -0.251. The lowest BCUT2D eigenvalue weighted by Gasteiger charge is -2.24. The molecule has 1 heterocycles. The fourth-order valence-electron chi connectivity index (χ4n) is 2.88. The normalized spacial score (nSPS) is 22.2. The van der Waals surface area contributed by atoms with Crippen molar-refractivity contribution in [3.63, 3.8) is 0 Å². The van der Waals surface area contributed by atoms with Crippen LogP contribution in [0.25, 0.3) is 0 Å². The molecule has 1 aliphatic carbocycles. The maximum absolute atomic E-state index is 12.4. The van der Waals surface area contributed by atoms with Gasteiger partial charge >= 0.3 is 5.97 Å². The standard InChI is InChI=1S/C16H22N2O3/c1-11-12(8-6-10-17-11)15(19)18-14-9-5-3-4-7-13(14)16(20)21-2/h6,8,10,13-14H,3-5,7,9H2,1-2H3,(H,18,19)/t13-,14+/m1/s1. The molecular formula is C16H22N2O3. The highest BCUT2D eigenvalue weighted by Crippen LogP contribution is 2.25. The van der Waals surface area contributed by atoms with Crippen molar-refractivity contribution in [3.8, 4) is 0 Å². The number of ether oxygens (including phenoxy) is 1. The van der Waals surface area contributed by atoms with Crippen LogP contribution in [-0.4, -0.2) is 30.0 Å². The number of amides is 1. The Kier molecular flexibility index (Phi) is 5.31. The molecule has 0 spiro atoms. The summed E-state index contributed by atoms with van der Waals surface area (Å²) in [6, 6.07) is 3.33. The molecule has 0 bridgehead atoms. The Bertz CT molecular complexity index is 516. The predicted octanol–water partition coefficient (Wildman–Crippen LogP) is 2.24. The number of carbonyl (C=O) groups excluding carboxylic acids is 2. The van der Waals surface area contributed by atoms with E-state index in [0.717, 1.165) is 32.1 Å². The van der Waals surface area contributed by atoms with Gasteiger partial charge in [0.05, 0.1) is 18.6 Å². The van der Waals surface area contributed by atoms with Crippen molar-refractivity contribution in [1.29, 1.82) is 0 Å². The quantitative estimate of drug-likeness (QED) is 0.685. The van der Waals surface area contributed by atoms with Crippen molar-refractivity contribution in [2.75, 3.05) is 7.11 Å². The number of hydrogen-bond donors (Lipinski definition) is 1. The summed E-state index contributed by atoms with van der Waals surface area (Å²) in [7, 11) is 1.40. The van der Waals surface area contributed by atoms with Crippen LogP contribution < -0.4 is 5.32 Å². The fraction of sp³-hybridized carbons (Fsp3) is 0.562. The van der Waals surface area contributed by atoms with Crippen molar-refractivity contribution < 1.29 is 14.3 Å². The summed E-state index contributed by atoms with van der Waals surface area (Å²) >= 11 is 0. The van der Waals surface area contributed by atoms with Gasteiger partial charge in [0.15, 0.2) is 0 Å². The van der Waals surface area contributed by atoms with Gasteiger partial charge in [0.25, 0.3) is 5.91 Å². The van der Waals surface area contributed by atoms with Gasteiger partial charge in [0, 0.05) is 17.9 Å². The van der Waals surface area contributed by atoms with Crippen molar-refractivity contribution in [2.24, 2.45) is 5.92 Å². The largest absolute Gasteiger partial charge is 0.469 e. The van der Waals surface area contributed by atoms with Crippen LogP contribution in [-0.2, 0) is 9.53 Å². The Morgan fingerprint density at radius 1 is 1.29 bits per heavy atom. The summed E-state index contributed by atoms with van der Waals surface area (Å²) in [5.41, 5.74) is 1.25. The number of nitrogens with zero attached hydrogens (tertiary/aromatic N) is 1. The molecule has 0 radical (unpaired) electrons. The lowest BCUT2D eigenvalue weighted by Crippen LogP contribution is -2.43. The molecule has 1 aliphatic rings. The first kappa shape index (κ1) is 15.5. The number of aryl methyl sites for hydroxylation is 1. The van der Waals surface area contributed by atoms with E-state index in [9.17, 15) is 9.59 Å². The Labute approximate surface area is 125 Å².